The van der Waals surface area contributed by atoms with Gasteiger partial charge in [-0.3, -0.25) is 10.1 Å². The van der Waals surface area contributed by atoms with Gasteiger partial charge in [0.15, 0.2) is 0 Å². The van der Waals surface area contributed by atoms with Crippen molar-refractivity contribution in [2.45, 2.75) is 25.8 Å². The fourth-order valence-electron chi connectivity index (χ4n) is 1.29. The zero-order valence-corrected chi connectivity index (χ0v) is 10.7. The SMILES string of the molecule is CCOC(=O)C(C)(CCOC)NCCOC. The minimum absolute atomic E-state index is 0.247. The van der Waals surface area contributed by atoms with E-state index >= 15 is 0 Å². The molecule has 0 aliphatic carbocycles. The molecule has 5 nitrogen and oxygen atoms in total. The first-order valence-electron chi connectivity index (χ1n) is 5.50. The molecule has 0 saturated heterocycles. The Hall–Kier alpha value is -0.650. The lowest BCUT2D eigenvalue weighted by atomic mass is 9.98. The van der Waals surface area contributed by atoms with Crippen LogP contribution in [0.15, 0.2) is 0 Å². The number of methoxy groups -OCH3 is 2. The second-order valence-corrected chi connectivity index (χ2v) is 3.71. The van der Waals surface area contributed by atoms with E-state index in [1.807, 2.05) is 6.92 Å². The third-order valence-corrected chi connectivity index (χ3v) is 2.35. The Morgan fingerprint density at radius 3 is 2.38 bits per heavy atom. The molecule has 1 atom stereocenters. The Balaban J connectivity index is 4.28. The number of carbonyl (C=O) groups is 1. The van der Waals surface area contributed by atoms with Gasteiger partial charge in [0.2, 0.25) is 0 Å². The molecular weight excluding hydrogens is 210 g/mol. The second kappa shape index (κ2) is 8.50. The molecule has 16 heavy (non-hydrogen) atoms. The zero-order valence-electron chi connectivity index (χ0n) is 10.7. The number of ether oxygens (including phenoxy) is 3. The monoisotopic (exact) mass is 233 g/mol. The van der Waals surface area contributed by atoms with Crippen molar-refractivity contribution in [1.82, 2.24) is 5.32 Å². The van der Waals surface area contributed by atoms with Gasteiger partial charge >= 0.3 is 5.97 Å². The normalized spacial score (nSPS) is 14.5. The van der Waals surface area contributed by atoms with Crippen LogP contribution < -0.4 is 5.32 Å². The lowest BCUT2D eigenvalue weighted by Gasteiger charge is -2.28. The molecule has 0 aromatic carbocycles. The number of hydrogen-bond donors (Lipinski definition) is 1. The fraction of sp³-hybridized carbons (Fsp3) is 0.909. The highest BCUT2D eigenvalue weighted by Crippen LogP contribution is 2.12. The molecule has 0 aliphatic heterocycles. The summed E-state index contributed by atoms with van der Waals surface area (Å²) >= 11 is 0. The van der Waals surface area contributed by atoms with E-state index in [1.54, 1.807) is 21.1 Å². The summed E-state index contributed by atoms with van der Waals surface area (Å²) in [6, 6.07) is 0. The maximum absolute atomic E-state index is 11.8. The molecule has 96 valence electrons. The van der Waals surface area contributed by atoms with Gasteiger partial charge in [0.25, 0.3) is 0 Å². The fourth-order valence-corrected chi connectivity index (χ4v) is 1.29. The lowest BCUT2D eigenvalue weighted by molar-refractivity contribution is -0.151. The molecule has 0 saturated carbocycles. The summed E-state index contributed by atoms with van der Waals surface area (Å²) in [7, 11) is 3.24. The molecule has 0 heterocycles. The second-order valence-electron chi connectivity index (χ2n) is 3.71. The molecule has 1 N–H and O–H groups in total. The molecule has 5 heteroatoms. The van der Waals surface area contributed by atoms with Gasteiger partial charge in [0.05, 0.1) is 13.2 Å². The zero-order chi connectivity index (χ0) is 12.4. The van der Waals surface area contributed by atoms with E-state index in [9.17, 15) is 4.79 Å². The topological polar surface area (TPSA) is 56.8 Å². The number of hydrogen-bond acceptors (Lipinski definition) is 5. The van der Waals surface area contributed by atoms with Crippen LogP contribution in [-0.2, 0) is 19.0 Å². The van der Waals surface area contributed by atoms with Gasteiger partial charge in [-0.05, 0) is 20.3 Å². The molecule has 0 fully saturated rings. The van der Waals surface area contributed by atoms with Gasteiger partial charge in [-0.2, -0.15) is 0 Å². The minimum Gasteiger partial charge on any atom is -0.465 e. The van der Waals surface area contributed by atoms with Crippen molar-refractivity contribution in [1.29, 1.82) is 0 Å². The quantitative estimate of drug-likeness (QED) is 0.466. The first kappa shape index (κ1) is 15.3. The number of esters is 1. The van der Waals surface area contributed by atoms with Crippen LogP contribution in [0.2, 0.25) is 0 Å². The Morgan fingerprint density at radius 1 is 1.25 bits per heavy atom. The van der Waals surface area contributed by atoms with Crippen LogP contribution in [0, 0.1) is 0 Å². The van der Waals surface area contributed by atoms with Crippen LogP contribution in [0.3, 0.4) is 0 Å². The summed E-state index contributed by atoms with van der Waals surface area (Å²) in [6.45, 7) is 5.67. The Kier molecular flexibility index (Phi) is 8.15. The highest BCUT2D eigenvalue weighted by atomic mass is 16.5. The van der Waals surface area contributed by atoms with Crippen LogP contribution in [-0.4, -0.2) is 52.1 Å². The lowest BCUT2D eigenvalue weighted by Crippen LogP contribution is -2.52. The summed E-state index contributed by atoms with van der Waals surface area (Å²) in [5.74, 6) is -0.247. The van der Waals surface area contributed by atoms with E-state index in [0.717, 1.165) is 0 Å². The molecule has 0 amide bonds. The predicted molar refractivity (Wildman–Crippen MR) is 61.4 cm³/mol. The first-order chi connectivity index (χ1) is 7.60. The smallest absolute Gasteiger partial charge is 0.326 e. The molecule has 0 spiro atoms. The third kappa shape index (κ3) is 5.44. The van der Waals surface area contributed by atoms with Gasteiger partial charge in [0, 0.05) is 27.4 Å². The van der Waals surface area contributed by atoms with Crippen molar-refractivity contribution in [3.63, 3.8) is 0 Å². The van der Waals surface area contributed by atoms with E-state index in [4.69, 9.17) is 14.2 Å². The summed E-state index contributed by atoms with van der Waals surface area (Å²) in [5, 5.41) is 3.14. The van der Waals surface area contributed by atoms with E-state index in [1.165, 1.54) is 0 Å². The van der Waals surface area contributed by atoms with Gasteiger partial charge in [0.1, 0.15) is 5.54 Å². The summed E-state index contributed by atoms with van der Waals surface area (Å²) in [5.41, 5.74) is -0.704. The molecule has 0 aromatic rings. The van der Waals surface area contributed by atoms with E-state index in [0.29, 0.717) is 32.8 Å². The van der Waals surface area contributed by atoms with Crippen molar-refractivity contribution in [3.05, 3.63) is 0 Å². The van der Waals surface area contributed by atoms with Crippen molar-refractivity contribution < 1.29 is 19.0 Å². The average Bonchev–Trinajstić information content (AvgIpc) is 2.27. The standard InChI is InChI=1S/C11H23NO4/c1-5-16-10(13)11(2,6-8-14-3)12-7-9-15-4/h12H,5-9H2,1-4H3. The van der Waals surface area contributed by atoms with Crippen LogP contribution in [0.1, 0.15) is 20.3 Å². The van der Waals surface area contributed by atoms with Crippen molar-refractivity contribution in [2.75, 3.05) is 40.6 Å². The first-order valence-corrected chi connectivity index (χ1v) is 5.50. The average molecular weight is 233 g/mol. The number of nitrogens with one attached hydrogen (secondary N) is 1. The van der Waals surface area contributed by atoms with E-state index in [2.05, 4.69) is 5.32 Å². The predicted octanol–water partition coefficient (Wildman–Crippen LogP) is 0.581. The Morgan fingerprint density at radius 2 is 1.88 bits per heavy atom. The largest absolute Gasteiger partial charge is 0.465 e. The van der Waals surface area contributed by atoms with Crippen LogP contribution in [0.5, 0.6) is 0 Å². The van der Waals surface area contributed by atoms with Crippen molar-refractivity contribution in [3.8, 4) is 0 Å². The summed E-state index contributed by atoms with van der Waals surface area (Å²) in [6.07, 6.45) is 0.575. The van der Waals surface area contributed by atoms with Crippen molar-refractivity contribution in [2.24, 2.45) is 0 Å². The van der Waals surface area contributed by atoms with E-state index in [-0.39, 0.29) is 5.97 Å². The molecule has 0 radical (unpaired) electrons. The molecule has 0 aliphatic rings. The Bertz CT molecular complexity index is 198. The highest BCUT2D eigenvalue weighted by molar-refractivity contribution is 5.80. The van der Waals surface area contributed by atoms with Crippen LogP contribution in [0.25, 0.3) is 0 Å². The van der Waals surface area contributed by atoms with Gasteiger partial charge in [-0.25, -0.2) is 0 Å². The Labute approximate surface area is 97.4 Å². The van der Waals surface area contributed by atoms with Crippen molar-refractivity contribution >= 4 is 5.97 Å². The van der Waals surface area contributed by atoms with Gasteiger partial charge in [-0.1, -0.05) is 0 Å². The van der Waals surface area contributed by atoms with Gasteiger partial charge in [-0.15, -0.1) is 0 Å². The third-order valence-electron chi connectivity index (χ3n) is 2.35. The molecule has 0 rings (SSSR count). The summed E-state index contributed by atoms with van der Waals surface area (Å²) in [4.78, 5) is 11.8. The molecule has 1 unspecified atom stereocenters. The van der Waals surface area contributed by atoms with E-state index < -0.39 is 5.54 Å². The highest BCUT2D eigenvalue weighted by Gasteiger charge is 2.33. The molecule has 0 aromatic heterocycles. The maximum Gasteiger partial charge on any atom is 0.326 e. The summed E-state index contributed by atoms with van der Waals surface area (Å²) < 4.78 is 15.0. The van der Waals surface area contributed by atoms with Crippen LogP contribution in [0.4, 0.5) is 0 Å². The molecule has 0 bridgehead atoms. The van der Waals surface area contributed by atoms with Gasteiger partial charge < -0.3 is 14.2 Å². The molecular formula is C11H23NO4. The number of carbonyl (C=O) groups excluding carboxylic acids is 1. The maximum atomic E-state index is 11.8. The number of rotatable bonds is 9. The van der Waals surface area contributed by atoms with Crippen LogP contribution >= 0.6 is 0 Å². The minimum atomic E-state index is -0.704.